The molecule has 1 N–H and O–H groups in total. The summed E-state index contributed by atoms with van der Waals surface area (Å²) in [6, 6.07) is 14.4. The van der Waals surface area contributed by atoms with Gasteiger partial charge in [0, 0.05) is 29.8 Å². The molecule has 138 valence electrons. The first-order valence-corrected chi connectivity index (χ1v) is 9.38. The molecule has 1 fully saturated rings. The van der Waals surface area contributed by atoms with Crippen LogP contribution in [0.15, 0.2) is 54.6 Å². The minimum atomic E-state index is -4.38. The van der Waals surface area contributed by atoms with Gasteiger partial charge >= 0.3 is 12.2 Å². The van der Waals surface area contributed by atoms with Gasteiger partial charge in [-0.2, -0.15) is 24.9 Å². The van der Waals surface area contributed by atoms with Crippen LogP contribution in [-0.4, -0.2) is 29.8 Å². The maximum atomic E-state index is 12.6. The van der Waals surface area contributed by atoms with Crippen molar-refractivity contribution in [2.24, 2.45) is 0 Å². The molecule has 0 saturated carbocycles. The number of nitrogens with one attached hydrogen (secondary N) is 1. The second kappa shape index (κ2) is 8.03. The van der Waals surface area contributed by atoms with Crippen LogP contribution in [0.3, 0.4) is 0 Å². The van der Waals surface area contributed by atoms with Crippen molar-refractivity contribution in [1.82, 2.24) is 4.90 Å². The molecule has 2 aromatic carbocycles. The number of carbonyl (C=O) groups is 1. The molecular formula is C19H19F3N2OS. The van der Waals surface area contributed by atoms with Crippen LogP contribution in [0.1, 0.15) is 22.8 Å². The van der Waals surface area contributed by atoms with E-state index in [2.05, 4.69) is 17.4 Å². The number of carbonyl (C=O) groups excluding carboxylic acids is 1. The smallest absolute Gasteiger partial charge is 0.324 e. The van der Waals surface area contributed by atoms with Crippen molar-refractivity contribution in [2.45, 2.75) is 17.8 Å². The van der Waals surface area contributed by atoms with Crippen molar-refractivity contribution in [3.63, 3.8) is 0 Å². The first-order chi connectivity index (χ1) is 12.4. The molecule has 1 saturated heterocycles. The van der Waals surface area contributed by atoms with Crippen LogP contribution in [0.5, 0.6) is 0 Å². The van der Waals surface area contributed by atoms with E-state index in [4.69, 9.17) is 0 Å². The Morgan fingerprint density at radius 2 is 1.73 bits per heavy atom. The molecule has 26 heavy (non-hydrogen) atoms. The van der Waals surface area contributed by atoms with Crippen LogP contribution in [0.25, 0.3) is 0 Å². The highest BCUT2D eigenvalue weighted by molar-refractivity contribution is 7.99. The number of benzene rings is 2. The van der Waals surface area contributed by atoms with Gasteiger partial charge in [0.1, 0.15) is 0 Å². The monoisotopic (exact) mass is 380 g/mol. The molecule has 0 spiro atoms. The van der Waals surface area contributed by atoms with Crippen LogP contribution >= 0.6 is 11.8 Å². The Labute approximate surface area is 154 Å². The van der Waals surface area contributed by atoms with Crippen LogP contribution in [0.2, 0.25) is 0 Å². The number of hydrogen-bond donors (Lipinski definition) is 1. The lowest BCUT2D eigenvalue weighted by atomic mass is 10.1. The molecule has 7 heteroatoms. The molecule has 0 bridgehead atoms. The van der Waals surface area contributed by atoms with E-state index in [-0.39, 0.29) is 6.03 Å². The van der Waals surface area contributed by atoms with Crippen molar-refractivity contribution in [2.75, 3.05) is 24.2 Å². The molecule has 0 aliphatic carbocycles. The summed E-state index contributed by atoms with van der Waals surface area (Å²) in [5, 5.41) is 3.03. The van der Waals surface area contributed by atoms with Gasteiger partial charge in [0.25, 0.3) is 0 Å². The molecular weight excluding hydrogens is 361 g/mol. The van der Waals surface area contributed by atoms with Crippen molar-refractivity contribution in [3.8, 4) is 0 Å². The summed E-state index contributed by atoms with van der Waals surface area (Å²) in [7, 11) is 0. The standard InChI is InChI=1S/C19H19F3N2OS/c20-19(21,22)15-6-8-16(9-7-15)23-18(25)24-11-10-17(26-13-12-24)14-4-2-1-3-5-14/h1-9,17H,10-13H2,(H,23,25). The highest BCUT2D eigenvalue weighted by Gasteiger charge is 2.30. The summed E-state index contributed by atoms with van der Waals surface area (Å²) in [6.07, 6.45) is -3.54. The quantitative estimate of drug-likeness (QED) is 0.755. The fourth-order valence-electron chi connectivity index (χ4n) is 2.85. The minimum absolute atomic E-state index is 0.279. The topological polar surface area (TPSA) is 32.3 Å². The van der Waals surface area contributed by atoms with Gasteiger partial charge in [0.15, 0.2) is 0 Å². The second-order valence-electron chi connectivity index (χ2n) is 6.05. The van der Waals surface area contributed by atoms with Gasteiger partial charge in [-0.3, -0.25) is 0 Å². The van der Waals surface area contributed by atoms with E-state index in [1.54, 1.807) is 4.90 Å². The molecule has 1 atom stereocenters. The van der Waals surface area contributed by atoms with Gasteiger partial charge in [-0.05, 0) is 36.2 Å². The van der Waals surface area contributed by atoms with E-state index < -0.39 is 11.7 Å². The Balaban J connectivity index is 1.58. The van der Waals surface area contributed by atoms with E-state index in [1.165, 1.54) is 17.7 Å². The predicted octanol–water partition coefficient (Wildman–Crippen LogP) is 5.42. The first-order valence-electron chi connectivity index (χ1n) is 8.33. The molecule has 0 aromatic heterocycles. The zero-order chi connectivity index (χ0) is 18.6. The number of nitrogens with zero attached hydrogens (tertiary/aromatic N) is 1. The Morgan fingerprint density at radius 1 is 1.04 bits per heavy atom. The fourth-order valence-corrected chi connectivity index (χ4v) is 4.08. The Morgan fingerprint density at radius 3 is 2.38 bits per heavy atom. The molecule has 3 nitrogen and oxygen atoms in total. The van der Waals surface area contributed by atoms with Crippen LogP contribution < -0.4 is 5.32 Å². The normalized spacial score (nSPS) is 18.3. The highest BCUT2D eigenvalue weighted by Crippen LogP contribution is 2.34. The van der Waals surface area contributed by atoms with Crippen LogP contribution in [-0.2, 0) is 6.18 Å². The molecule has 2 amide bonds. The number of hydrogen-bond acceptors (Lipinski definition) is 2. The molecule has 1 aliphatic heterocycles. The number of amides is 2. The van der Waals surface area contributed by atoms with Crippen molar-refractivity contribution >= 4 is 23.5 Å². The summed E-state index contributed by atoms with van der Waals surface area (Å²) < 4.78 is 37.8. The van der Waals surface area contributed by atoms with E-state index in [0.29, 0.717) is 24.0 Å². The largest absolute Gasteiger partial charge is 0.416 e. The average molecular weight is 380 g/mol. The van der Waals surface area contributed by atoms with Gasteiger partial charge in [-0.1, -0.05) is 30.3 Å². The summed E-state index contributed by atoms with van der Waals surface area (Å²) >= 11 is 1.82. The third-order valence-corrected chi connectivity index (χ3v) is 5.59. The number of rotatable bonds is 2. The van der Waals surface area contributed by atoms with E-state index in [0.717, 1.165) is 24.3 Å². The first kappa shape index (κ1) is 18.6. The van der Waals surface area contributed by atoms with E-state index in [1.807, 2.05) is 30.0 Å². The second-order valence-corrected chi connectivity index (χ2v) is 7.36. The van der Waals surface area contributed by atoms with Gasteiger partial charge in [-0.15, -0.1) is 0 Å². The summed E-state index contributed by atoms with van der Waals surface area (Å²) in [4.78, 5) is 14.1. The third-order valence-electron chi connectivity index (χ3n) is 4.26. The average Bonchev–Trinajstić information content (AvgIpc) is 2.88. The number of thioether (sulfide) groups is 1. The van der Waals surface area contributed by atoms with Crippen LogP contribution in [0, 0.1) is 0 Å². The SMILES string of the molecule is O=C(Nc1ccc(C(F)(F)F)cc1)N1CCSC(c2ccccc2)CC1. The fraction of sp³-hybridized carbons (Fsp3) is 0.316. The maximum absolute atomic E-state index is 12.6. The lowest BCUT2D eigenvalue weighted by Crippen LogP contribution is -2.36. The lowest BCUT2D eigenvalue weighted by Gasteiger charge is -2.21. The Kier molecular flexibility index (Phi) is 5.76. The minimum Gasteiger partial charge on any atom is -0.324 e. The molecule has 2 aromatic rings. The van der Waals surface area contributed by atoms with E-state index in [9.17, 15) is 18.0 Å². The molecule has 1 unspecified atom stereocenters. The third kappa shape index (κ3) is 4.72. The lowest BCUT2D eigenvalue weighted by molar-refractivity contribution is -0.137. The Bertz CT molecular complexity index is 735. The zero-order valence-corrected chi connectivity index (χ0v) is 14.8. The molecule has 1 heterocycles. The number of urea groups is 1. The van der Waals surface area contributed by atoms with Gasteiger partial charge < -0.3 is 10.2 Å². The molecule has 1 aliphatic rings. The van der Waals surface area contributed by atoms with Crippen molar-refractivity contribution in [1.29, 1.82) is 0 Å². The van der Waals surface area contributed by atoms with Gasteiger partial charge in [0.2, 0.25) is 0 Å². The van der Waals surface area contributed by atoms with Crippen molar-refractivity contribution in [3.05, 3.63) is 65.7 Å². The zero-order valence-electron chi connectivity index (χ0n) is 14.0. The van der Waals surface area contributed by atoms with Crippen LogP contribution in [0.4, 0.5) is 23.7 Å². The van der Waals surface area contributed by atoms with E-state index >= 15 is 0 Å². The number of alkyl halides is 3. The van der Waals surface area contributed by atoms with Gasteiger partial charge in [-0.25, -0.2) is 4.79 Å². The number of halogens is 3. The van der Waals surface area contributed by atoms with Crippen molar-refractivity contribution < 1.29 is 18.0 Å². The Hall–Kier alpha value is -2.15. The summed E-state index contributed by atoms with van der Waals surface area (Å²) in [5.41, 5.74) is 0.884. The molecule has 3 rings (SSSR count). The number of anilines is 1. The summed E-state index contributed by atoms with van der Waals surface area (Å²) in [5.74, 6) is 0.819. The maximum Gasteiger partial charge on any atom is 0.416 e. The summed E-state index contributed by atoms with van der Waals surface area (Å²) in [6.45, 7) is 1.22. The highest BCUT2D eigenvalue weighted by atomic mass is 32.2. The predicted molar refractivity (Wildman–Crippen MR) is 98.3 cm³/mol. The molecule has 0 radical (unpaired) electrons. The van der Waals surface area contributed by atoms with Gasteiger partial charge in [0.05, 0.1) is 5.56 Å².